The molecule has 0 aliphatic rings. The van der Waals surface area contributed by atoms with Crippen LogP contribution < -0.4 is 20.1 Å². The lowest BCUT2D eigenvalue weighted by molar-refractivity contribution is 0.262. The first-order valence-electron chi connectivity index (χ1n) is 6.63. The summed E-state index contributed by atoms with van der Waals surface area (Å²) in [5, 5.41) is 5.42. The minimum atomic E-state index is -0.404. The molecule has 2 aromatic rings. The molecule has 1 aromatic carbocycles. The quantitative estimate of drug-likeness (QED) is 0.907. The molecule has 116 valence electrons. The Hall–Kier alpha value is -2.83. The number of ether oxygens (including phenoxy) is 2. The van der Waals surface area contributed by atoms with Crippen LogP contribution >= 0.6 is 0 Å². The van der Waals surface area contributed by atoms with Crippen LogP contribution in [0.3, 0.4) is 0 Å². The largest absolute Gasteiger partial charge is 0.479 e. The van der Waals surface area contributed by atoms with E-state index in [9.17, 15) is 4.79 Å². The number of nitrogens with zero attached hydrogens (tertiary/aromatic N) is 2. The van der Waals surface area contributed by atoms with E-state index in [4.69, 9.17) is 9.47 Å². The van der Waals surface area contributed by atoms with Gasteiger partial charge in [-0.1, -0.05) is 17.7 Å². The van der Waals surface area contributed by atoms with E-state index >= 15 is 0 Å². The number of carbonyl (C=O) groups excluding carboxylic acids is 1. The van der Waals surface area contributed by atoms with Crippen molar-refractivity contribution in [2.24, 2.45) is 0 Å². The van der Waals surface area contributed by atoms with Crippen molar-refractivity contribution < 1.29 is 14.3 Å². The molecule has 0 aliphatic carbocycles. The van der Waals surface area contributed by atoms with Gasteiger partial charge in [0.1, 0.15) is 5.69 Å². The SMILES string of the molecule is COc1ncc(NC(=O)Nc2ccc(C)cc2C)c(OC)n1. The van der Waals surface area contributed by atoms with Gasteiger partial charge in [0.15, 0.2) is 0 Å². The standard InChI is InChI=1S/C15H18N4O3/c1-9-5-6-11(10(2)7-9)17-14(20)18-12-8-16-15(22-4)19-13(12)21-3/h5-8H,1-4H3,(H2,17,18,20). The average molecular weight is 302 g/mol. The lowest BCUT2D eigenvalue weighted by atomic mass is 10.1. The zero-order valence-electron chi connectivity index (χ0n) is 12.9. The van der Waals surface area contributed by atoms with Crippen molar-refractivity contribution in [1.29, 1.82) is 0 Å². The molecule has 0 spiro atoms. The van der Waals surface area contributed by atoms with Crippen LogP contribution in [0, 0.1) is 13.8 Å². The molecule has 22 heavy (non-hydrogen) atoms. The van der Waals surface area contributed by atoms with Crippen molar-refractivity contribution in [2.75, 3.05) is 24.9 Å². The number of carbonyl (C=O) groups is 1. The molecule has 1 heterocycles. The highest BCUT2D eigenvalue weighted by molar-refractivity contribution is 6.00. The van der Waals surface area contributed by atoms with Gasteiger partial charge in [0.05, 0.1) is 20.4 Å². The second kappa shape index (κ2) is 6.75. The van der Waals surface area contributed by atoms with Crippen LogP contribution in [0.4, 0.5) is 16.2 Å². The highest BCUT2D eigenvalue weighted by atomic mass is 16.5. The first kappa shape index (κ1) is 15.6. The van der Waals surface area contributed by atoms with Crippen molar-refractivity contribution >= 4 is 17.4 Å². The van der Waals surface area contributed by atoms with E-state index in [1.54, 1.807) is 0 Å². The normalized spacial score (nSPS) is 10.0. The Morgan fingerprint density at radius 3 is 2.45 bits per heavy atom. The fourth-order valence-corrected chi connectivity index (χ4v) is 1.92. The Kier molecular flexibility index (Phi) is 4.77. The van der Waals surface area contributed by atoms with Crippen LogP contribution in [0.5, 0.6) is 11.9 Å². The molecule has 7 heteroatoms. The number of urea groups is 1. The van der Waals surface area contributed by atoms with Crippen molar-refractivity contribution in [1.82, 2.24) is 9.97 Å². The summed E-state index contributed by atoms with van der Waals surface area (Å²) < 4.78 is 10.0. The molecule has 0 bridgehead atoms. The number of hydrogen-bond donors (Lipinski definition) is 2. The van der Waals surface area contributed by atoms with E-state index < -0.39 is 6.03 Å². The number of benzene rings is 1. The first-order chi connectivity index (χ1) is 10.5. The molecule has 0 atom stereocenters. The van der Waals surface area contributed by atoms with Crippen molar-refractivity contribution in [2.45, 2.75) is 13.8 Å². The summed E-state index contributed by atoms with van der Waals surface area (Å²) in [5.41, 5.74) is 3.20. The van der Waals surface area contributed by atoms with Gasteiger partial charge in [-0.05, 0) is 25.5 Å². The molecule has 0 unspecified atom stereocenters. The lowest BCUT2D eigenvalue weighted by Gasteiger charge is -2.12. The number of nitrogens with one attached hydrogen (secondary N) is 2. The Labute approximate surface area is 128 Å². The van der Waals surface area contributed by atoms with E-state index in [1.807, 2.05) is 32.0 Å². The fraction of sp³-hybridized carbons (Fsp3) is 0.267. The summed E-state index contributed by atoms with van der Waals surface area (Å²) >= 11 is 0. The Bertz CT molecular complexity index is 688. The number of methoxy groups -OCH3 is 2. The van der Waals surface area contributed by atoms with Crippen LogP contribution in [-0.4, -0.2) is 30.2 Å². The third-order valence-corrected chi connectivity index (χ3v) is 2.99. The number of rotatable bonds is 4. The van der Waals surface area contributed by atoms with Gasteiger partial charge < -0.3 is 20.1 Å². The second-order valence-electron chi connectivity index (χ2n) is 4.68. The number of amides is 2. The molecule has 0 radical (unpaired) electrons. The molecule has 0 saturated carbocycles. The highest BCUT2D eigenvalue weighted by Gasteiger charge is 2.12. The summed E-state index contributed by atoms with van der Waals surface area (Å²) in [6.07, 6.45) is 1.42. The molecular weight excluding hydrogens is 284 g/mol. The maximum Gasteiger partial charge on any atom is 0.323 e. The molecule has 0 aliphatic heterocycles. The molecule has 0 saturated heterocycles. The van der Waals surface area contributed by atoms with Gasteiger partial charge in [0, 0.05) is 5.69 Å². The maximum absolute atomic E-state index is 12.1. The van der Waals surface area contributed by atoms with Crippen LogP contribution in [0.1, 0.15) is 11.1 Å². The molecule has 2 N–H and O–H groups in total. The predicted molar refractivity (Wildman–Crippen MR) is 83.7 cm³/mol. The lowest BCUT2D eigenvalue weighted by Crippen LogP contribution is -2.20. The summed E-state index contributed by atoms with van der Waals surface area (Å²) in [5.74, 6) is 0.225. The van der Waals surface area contributed by atoms with Crippen molar-refractivity contribution in [3.05, 3.63) is 35.5 Å². The van der Waals surface area contributed by atoms with Crippen LogP contribution in [0.15, 0.2) is 24.4 Å². The van der Waals surface area contributed by atoms with Gasteiger partial charge in [0.25, 0.3) is 0 Å². The minimum Gasteiger partial charge on any atom is -0.479 e. The van der Waals surface area contributed by atoms with Gasteiger partial charge >= 0.3 is 12.0 Å². The van der Waals surface area contributed by atoms with Gasteiger partial charge in [-0.15, -0.1) is 0 Å². The predicted octanol–water partition coefficient (Wildman–Crippen LogP) is 2.75. The molecule has 2 amide bonds. The summed E-state index contributed by atoms with van der Waals surface area (Å²) in [6, 6.07) is 5.54. The first-order valence-corrected chi connectivity index (χ1v) is 6.63. The van der Waals surface area contributed by atoms with Gasteiger partial charge in [0.2, 0.25) is 5.88 Å². The van der Waals surface area contributed by atoms with Crippen molar-refractivity contribution in [3.63, 3.8) is 0 Å². The number of anilines is 2. The topological polar surface area (TPSA) is 85.4 Å². The minimum absolute atomic E-state index is 0.164. The number of aromatic nitrogens is 2. The van der Waals surface area contributed by atoms with E-state index in [-0.39, 0.29) is 11.9 Å². The fourth-order valence-electron chi connectivity index (χ4n) is 1.92. The van der Waals surface area contributed by atoms with Crippen LogP contribution in [-0.2, 0) is 0 Å². The average Bonchev–Trinajstić information content (AvgIpc) is 2.50. The third-order valence-electron chi connectivity index (χ3n) is 2.99. The summed E-state index contributed by atoms with van der Waals surface area (Å²) in [6.45, 7) is 3.93. The molecular formula is C15H18N4O3. The monoisotopic (exact) mass is 302 g/mol. The van der Waals surface area contributed by atoms with E-state index in [1.165, 1.54) is 20.4 Å². The maximum atomic E-state index is 12.1. The van der Waals surface area contributed by atoms with Gasteiger partial charge in [-0.3, -0.25) is 0 Å². The number of aryl methyl sites for hydroxylation is 2. The number of hydrogen-bond acceptors (Lipinski definition) is 5. The zero-order chi connectivity index (χ0) is 16.1. The summed E-state index contributed by atoms with van der Waals surface area (Å²) in [4.78, 5) is 20.0. The zero-order valence-corrected chi connectivity index (χ0v) is 12.9. The van der Waals surface area contributed by atoms with Crippen LogP contribution in [0.25, 0.3) is 0 Å². The smallest absolute Gasteiger partial charge is 0.323 e. The van der Waals surface area contributed by atoms with Crippen molar-refractivity contribution in [3.8, 4) is 11.9 Å². The summed E-state index contributed by atoms with van der Waals surface area (Å²) in [7, 11) is 2.91. The molecule has 0 fully saturated rings. The van der Waals surface area contributed by atoms with E-state index in [0.717, 1.165) is 16.8 Å². The highest BCUT2D eigenvalue weighted by Crippen LogP contribution is 2.23. The Balaban J connectivity index is 2.12. The molecule has 1 aromatic heterocycles. The Morgan fingerprint density at radius 1 is 1.09 bits per heavy atom. The van der Waals surface area contributed by atoms with Gasteiger partial charge in [-0.2, -0.15) is 4.98 Å². The van der Waals surface area contributed by atoms with Crippen LogP contribution in [0.2, 0.25) is 0 Å². The molecule has 7 nitrogen and oxygen atoms in total. The second-order valence-corrected chi connectivity index (χ2v) is 4.68. The third kappa shape index (κ3) is 3.63. The molecule has 2 rings (SSSR count). The van der Waals surface area contributed by atoms with Gasteiger partial charge in [-0.25, -0.2) is 9.78 Å². The van der Waals surface area contributed by atoms with E-state index in [0.29, 0.717) is 5.69 Å². The van der Waals surface area contributed by atoms with E-state index in [2.05, 4.69) is 20.6 Å². The Morgan fingerprint density at radius 2 is 1.82 bits per heavy atom.